The molecule has 0 bridgehead atoms. The van der Waals surface area contributed by atoms with Crippen LogP contribution < -0.4 is 5.56 Å². The number of aromatic amines is 1. The summed E-state index contributed by atoms with van der Waals surface area (Å²) in [5.41, 5.74) is -0.379. The maximum absolute atomic E-state index is 11.1. The van der Waals surface area contributed by atoms with E-state index < -0.39 is 0 Å². The molecule has 5 heteroatoms. The molecule has 1 aliphatic rings. The van der Waals surface area contributed by atoms with Crippen molar-refractivity contribution in [1.82, 2.24) is 10.1 Å². The summed E-state index contributed by atoms with van der Waals surface area (Å²) in [7, 11) is 0. The molecule has 2 heterocycles. The summed E-state index contributed by atoms with van der Waals surface area (Å²) in [6.45, 7) is 1.52. The predicted octanol–water partition coefficient (Wildman–Crippen LogP) is -0.576. The van der Waals surface area contributed by atoms with Crippen LogP contribution in [0.4, 0.5) is 0 Å². The van der Waals surface area contributed by atoms with Gasteiger partial charge in [0.05, 0.1) is 6.07 Å². The molecule has 1 saturated heterocycles. The highest BCUT2D eigenvalue weighted by Crippen LogP contribution is 2.09. The SMILES string of the molecule is O=C(c1cc(=O)[nH]o1)N1CC1. The summed E-state index contributed by atoms with van der Waals surface area (Å²) in [5.74, 6) is -0.129. The van der Waals surface area contributed by atoms with E-state index >= 15 is 0 Å². The highest BCUT2D eigenvalue weighted by atomic mass is 16.5. The molecule has 0 aliphatic carbocycles. The van der Waals surface area contributed by atoms with Crippen molar-refractivity contribution >= 4 is 5.91 Å². The van der Waals surface area contributed by atoms with Crippen LogP contribution in [0.2, 0.25) is 0 Å². The lowest BCUT2D eigenvalue weighted by Crippen LogP contribution is -2.09. The van der Waals surface area contributed by atoms with Gasteiger partial charge in [0.25, 0.3) is 11.5 Å². The van der Waals surface area contributed by atoms with Gasteiger partial charge in [-0.15, -0.1) is 0 Å². The molecule has 1 fully saturated rings. The Kier molecular flexibility index (Phi) is 1.12. The van der Waals surface area contributed by atoms with Crippen molar-refractivity contribution in [2.24, 2.45) is 0 Å². The summed E-state index contributed by atoms with van der Waals surface area (Å²) in [5, 5.41) is 2.05. The fraction of sp³-hybridized carbons (Fsp3) is 0.333. The van der Waals surface area contributed by atoms with Crippen molar-refractivity contribution in [3.05, 3.63) is 22.2 Å². The number of hydrogen-bond donors (Lipinski definition) is 1. The zero-order chi connectivity index (χ0) is 7.84. The molecular formula is C6H6N2O3. The first-order chi connectivity index (χ1) is 5.27. The number of H-pyrrole nitrogens is 1. The second kappa shape index (κ2) is 1.98. The lowest BCUT2D eigenvalue weighted by molar-refractivity contribution is 0.0846. The molecule has 0 radical (unpaired) electrons. The second-order valence-corrected chi connectivity index (χ2v) is 2.37. The first-order valence-electron chi connectivity index (χ1n) is 3.25. The Hall–Kier alpha value is -1.52. The highest BCUT2D eigenvalue weighted by Gasteiger charge is 2.27. The number of carbonyl (C=O) groups is 1. The number of nitrogens with zero attached hydrogens (tertiary/aromatic N) is 1. The molecule has 0 atom stereocenters. The van der Waals surface area contributed by atoms with Crippen molar-refractivity contribution in [3.8, 4) is 0 Å². The van der Waals surface area contributed by atoms with Crippen LogP contribution in [0.3, 0.4) is 0 Å². The zero-order valence-corrected chi connectivity index (χ0v) is 5.66. The van der Waals surface area contributed by atoms with Gasteiger partial charge in [-0.1, -0.05) is 0 Å². The molecule has 1 amide bonds. The molecule has 11 heavy (non-hydrogen) atoms. The van der Waals surface area contributed by atoms with E-state index in [1.807, 2.05) is 0 Å². The largest absolute Gasteiger partial charge is 0.373 e. The van der Waals surface area contributed by atoms with Crippen LogP contribution in [0, 0.1) is 0 Å². The van der Waals surface area contributed by atoms with Crippen LogP contribution in [-0.2, 0) is 0 Å². The number of nitrogens with one attached hydrogen (secondary N) is 1. The van der Waals surface area contributed by atoms with Crippen LogP contribution in [0.5, 0.6) is 0 Å². The molecule has 0 aromatic carbocycles. The standard InChI is InChI=1S/C6H6N2O3/c9-5-3-4(11-7-5)6(10)8-1-2-8/h3H,1-2H2,(H,7,9). The Balaban J connectivity index is 2.27. The smallest absolute Gasteiger partial charge is 0.292 e. The molecule has 1 N–H and O–H groups in total. The first-order valence-corrected chi connectivity index (χ1v) is 3.25. The Morgan fingerprint density at radius 1 is 1.64 bits per heavy atom. The molecule has 0 spiro atoms. The van der Waals surface area contributed by atoms with Gasteiger partial charge >= 0.3 is 0 Å². The van der Waals surface area contributed by atoms with E-state index in [0.717, 1.165) is 19.2 Å². The fourth-order valence-corrected chi connectivity index (χ4v) is 0.798. The minimum absolute atomic E-state index is 0.0903. The first kappa shape index (κ1) is 6.21. The molecule has 0 saturated carbocycles. The zero-order valence-electron chi connectivity index (χ0n) is 5.66. The Bertz CT molecular complexity index is 334. The maximum Gasteiger partial charge on any atom is 0.292 e. The van der Waals surface area contributed by atoms with Gasteiger partial charge in [-0.05, 0) is 0 Å². The van der Waals surface area contributed by atoms with Gasteiger partial charge in [0.2, 0.25) is 5.76 Å². The van der Waals surface area contributed by atoms with Crippen molar-refractivity contribution in [2.45, 2.75) is 0 Å². The van der Waals surface area contributed by atoms with E-state index in [4.69, 9.17) is 0 Å². The Morgan fingerprint density at radius 2 is 2.36 bits per heavy atom. The van der Waals surface area contributed by atoms with Gasteiger partial charge in [-0.3, -0.25) is 9.59 Å². The molecule has 0 unspecified atom stereocenters. The normalized spacial score (nSPS) is 15.1. The van der Waals surface area contributed by atoms with E-state index in [-0.39, 0.29) is 17.2 Å². The van der Waals surface area contributed by atoms with Crippen molar-refractivity contribution in [3.63, 3.8) is 0 Å². The van der Waals surface area contributed by atoms with E-state index in [0.29, 0.717) is 0 Å². The van der Waals surface area contributed by atoms with Crippen molar-refractivity contribution in [2.75, 3.05) is 13.1 Å². The predicted molar refractivity (Wildman–Crippen MR) is 35.2 cm³/mol. The summed E-state index contributed by atoms with van der Waals surface area (Å²) in [6, 6.07) is 1.15. The van der Waals surface area contributed by atoms with Gasteiger partial charge in [0.1, 0.15) is 0 Å². The number of hydrogen-bond acceptors (Lipinski definition) is 3. The van der Waals surface area contributed by atoms with Gasteiger partial charge in [-0.2, -0.15) is 5.16 Å². The van der Waals surface area contributed by atoms with Crippen LogP contribution in [0.25, 0.3) is 0 Å². The topological polar surface area (TPSA) is 66.1 Å². The number of amides is 1. The quantitative estimate of drug-likeness (QED) is 0.550. The second-order valence-electron chi connectivity index (χ2n) is 2.37. The molecule has 1 aromatic rings. The lowest BCUT2D eigenvalue weighted by atomic mass is 10.4. The summed E-state index contributed by atoms with van der Waals surface area (Å²) >= 11 is 0. The minimum Gasteiger partial charge on any atom is -0.373 e. The molecule has 2 rings (SSSR count). The van der Waals surface area contributed by atoms with Gasteiger partial charge in [0, 0.05) is 13.1 Å². The van der Waals surface area contributed by atoms with E-state index in [1.165, 1.54) is 0 Å². The summed E-state index contributed by atoms with van der Waals surface area (Å²) < 4.78 is 4.60. The average molecular weight is 154 g/mol. The summed E-state index contributed by atoms with van der Waals surface area (Å²) in [4.78, 5) is 23.2. The third kappa shape index (κ3) is 1.04. The van der Waals surface area contributed by atoms with Gasteiger partial charge < -0.3 is 9.42 Å². The van der Waals surface area contributed by atoms with Gasteiger partial charge in [-0.25, -0.2) is 0 Å². The van der Waals surface area contributed by atoms with E-state index in [9.17, 15) is 9.59 Å². The summed E-state index contributed by atoms with van der Waals surface area (Å²) in [6.07, 6.45) is 0. The van der Waals surface area contributed by atoms with Crippen LogP contribution in [-0.4, -0.2) is 29.1 Å². The highest BCUT2D eigenvalue weighted by molar-refractivity contribution is 5.92. The molecule has 1 aromatic heterocycles. The fourth-order valence-electron chi connectivity index (χ4n) is 0.798. The van der Waals surface area contributed by atoms with Gasteiger partial charge in [0.15, 0.2) is 0 Å². The van der Waals surface area contributed by atoms with Crippen molar-refractivity contribution < 1.29 is 9.32 Å². The molecule has 1 aliphatic heterocycles. The average Bonchev–Trinajstić information content (AvgIpc) is 2.74. The van der Waals surface area contributed by atoms with Crippen molar-refractivity contribution in [1.29, 1.82) is 0 Å². The van der Waals surface area contributed by atoms with E-state index in [1.54, 1.807) is 4.90 Å². The molecule has 5 nitrogen and oxygen atoms in total. The number of rotatable bonds is 1. The third-order valence-corrected chi connectivity index (χ3v) is 1.47. The third-order valence-electron chi connectivity index (χ3n) is 1.47. The van der Waals surface area contributed by atoms with E-state index in [2.05, 4.69) is 9.68 Å². The molecule has 58 valence electrons. The number of carbonyl (C=O) groups excluding carboxylic acids is 1. The monoisotopic (exact) mass is 154 g/mol. The maximum atomic E-state index is 11.1. The lowest BCUT2D eigenvalue weighted by Gasteiger charge is -1.92. The van der Waals surface area contributed by atoms with Crippen LogP contribution >= 0.6 is 0 Å². The Labute approximate surface area is 61.6 Å². The molecular weight excluding hydrogens is 148 g/mol. The minimum atomic E-state index is -0.379. The Morgan fingerprint density at radius 3 is 2.82 bits per heavy atom. The van der Waals surface area contributed by atoms with Crippen LogP contribution in [0.15, 0.2) is 15.4 Å². The number of aromatic nitrogens is 1. The van der Waals surface area contributed by atoms with Crippen LogP contribution in [0.1, 0.15) is 10.6 Å².